The van der Waals surface area contributed by atoms with Crippen LogP contribution in [0, 0.1) is 5.82 Å². The molecule has 0 aliphatic heterocycles. The van der Waals surface area contributed by atoms with Gasteiger partial charge in [0, 0.05) is 5.02 Å². The summed E-state index contributed by atoms with van der Waals surface area (Å²) in [5.74, 6) is -2.05. The van der Waals surface area contributed by atoms with E-state index in [1.54, 1.807) is 12.1 Å². The van der Waals surface area contributed by atoms with Crippen LogP contribution in [0.2, 0.25) is 5.02 Å². The molecule has 1 unspecified atom stereocenters. The topological polar surface area (TPSA) is 75.3 Å². The van der Waals surface area contributed by atoms with E-state index >= 15 is 0 Å². The van der Waals surface area contributed by atoms with Crippen molar-refractivity contribution in [3.8, 4) is 0 Å². The average molecular weight is 309 g/mol. The van der Waals surface area contributed by atoms with E-state index in [4.69, 9.17) is 17.3 Å². The number of rotatable bonds is 4. The number of aromatic carboxylic acids is 1. The highest BCUT2D eigenvalue weighted by Crippen LogP contribution is 2.30. The van der Waals surface area contributed by atoms with Crippen LogP contribution in [0.1, 0.15) is 28.9 Å². The number of carboxylic acid groups (broad SMARTS) is 1. The summed E-state index contributed by atoms with van der Waals surface area (Å²) in [5, 5.41) is 12.8. The zero-order valence-electron chi connectivity index (χ0n) is 11.2. The fraction of sp³-hybridized carbons (Fsp3) is 0.133. The van der Waals surface area contributed by atoms with E-state index in [2.05, 4.69) is 5.32 Å². The lowest BCUT2D eigenvalue weighted by atomic mass is 10.1. The van der Waals surface area contributed by atoms with E-state index in [9.17, 15) is 14.3 Å². The standard InChI is InChI=1S/C15H14ClFN2O2/c1-8(9-4-2-3-5-10(9)16)19-12-7-6-11(17)14(18)13(12)15(20)21/h2-8,19H,18H2,1H3,(H,20,21). The van der Waals surface area contributed by atoms with Gasteiger partial charge < -0.3 is 16.2 Å². The molecule has 0 heterocycles. The number of carbonyl (C=O) groups is 1. The number of hydrogen-bond acceptors (Lipinski definition) is 3. The highest BCUT2D eigenvalue weighted by Gasteiger charge is 2.19. The average Bonchev–Trinajstić information content (AvgIpc) is 2.43. The Morgan fingerprint density at radius 3 is 2.62 bits per heavy atom. The fourth-order valence-corrected chi connectivity index (χ4v) is 2.38. The van der Waals surface area contributed by atoms with E-state index in [1.165, 1.54) is 6.07 Å². The predicted octanol–water partition coefficient (Wildman–Crippen LogP) is 3.93. The molecule has 6 heteroatoms. The van der Waals surface area contributed by atoms with Crippen molar-refractivity contribution >= 4 is 28.9 Å². The smallest absolute Gasteiger partial charge is 0.340 e. The molecule has 0 bridgehead atoms. The lowest BCUT2D eigenvalue weighted by Crippen LogP contribution is -2.13. The van der Waals surface area contributed by atoms with Crippen molar-refractivity contribution in [1.82, 2.24) is 0 Å². The van der Waals surface area contributed by atoms with Gasteiger partial charge in [0.2, 0.25) is 0 Å². The second kappa shape index (κ2) is 6.01. The molecule has 0 aromatic heterocycles. The summed E-state index contributed by atoms with van der Waals surface area (Å²) < 4.78 is 13.4. The summed E-state index contributed by atoms with van der Waals surface area (Å²) in [6.07, 6.45) is 0. The minimum Gasteiger partial charge on any atom is -0.478 e. The zero-order chi connectivity index (χ0) is 15.6. The van der Waals surface area contributed by atoms with Gasteiger partial charge in [-0.15, -0.1) is 0 Å². The molecule has 110 valence electrons. The van der Waals surface area contributed by atoms with Crippen LogP contribution in [0.15, 0.2) is 36.4 Å². The fourth-order valence-electron chi connectivity index (χ4n) is 2.08. The lowest BCUT2D eigenvalue weighted by molar-refractivity contribution is 0.0698. The monoisotopic (exact) mass is 308 g/mol. The van der Waals surface area contributed by atoms with E-state index in [-0.39, 0.29) is 23.0 Å². The molecule has 0 spiro atoms. The van der Waals surface area contributed by atoms with Crippen LogP contribution in [0.4, 0.5) is 15.8 Å². The first-order valence-corrected chi connectivity index (χ1v) is 6.62. The number of nitrogens with two attached hydrogens (primary N) is 1. The Balaban J connectivity index is 2.38. The summed E-state index contributed by atoms with van der Waals surface area (Å²) in [6.45, 7) is 1.83. The maximum absolute atomic E-state index is 13.4. The van der Waals surface area contributed by atoms with Crippen molar-refractivity contribution in [2.24, 2.45) is 0 Å². The third-order valence-corrected chi connectivity index (χ3v) is 3.49. The van der Waals surface area contributed by atoms with Crippen LogP contribution in [0.5, 0.6) is 0 Å². The number of anilines is 2. The van der Waals surface area contributed by atoms with Gasteiger partial charge in [0.1, 0.15) is 11.4 Å². The van der Waals surface area contributed by atoms with Gasteiger partial charge in [0.15, 0.2) is 0 Å². The largest absolute Gasteiger partial charge is 0.478 e. The Kier molecular flexibility index (Phi) is 4.33. The molecule has 0 amide bonds. The van der Waals surface area contributed by atoms with Gasteiger partial charge in [0.05, 0.1) is 17.4 Å². The van der Waals surface area contributed by atoms with Gasteiger partial charge in [-0.1, -0.05) is 29.8 Å². The van der Waals surface area contributed by atoms with E-state index in [1.807, 2.05) is 19.1 Å². The number of halogens is 2. The lowest BCUT2D eigenvalue weighted by Gasteiger charge is -2.19. The summed E-state index contributed by atoms with van der Waals surface area (Å²) in [4.78, 5) is 11.3. The van der Waals surface area contributed by atoms with Crippen molar-refractivity contribution in [2.75, 3.05) is 11.1 Å². The molecule has 21 heavy (non-hydrogen) atoms. The predicted molar refractivity (Wildman–Crippen MR) is 81.3 cm³/mol. The van der Waals surface area contributed by atoms with Crippen LogP contribution < -0.4 is 11.1 Å². The van der Waals surface area contributed by atoms with Crippen molar-refractivity contribution in [3.05, 3.63) is 58.4 Å². The molecule has 1 atom stereocenters. The Labute approximate surface area is 126 Å². The highest BCUT2D eigenvalue weighted by molar-refractivity contribution is 6.31. The van der Waals surface area contributed by atoms with Crippen LogP contribution in [0.25, 0.3) is 0 Å². The minimum absolute atomic E-state index is 0.244. The Morgan fingerprint density at radius 2 is 2.00 bits per heavy atom. The first-order chi connectivity index (χ1) is 9.91. The van der Waals surface area contributed by atoms with Crippen LogP contribution >= 0.6 is 11.6 Å². The third kappa shape index (κ3) is 3.08. The molecule has 0 saturated carbocycles. The molecule has 0 aliphatic carbocycles. The molecule has 2 aromatic carbocycles. The molecule has 2 rings (SSSR count). The zero-order valence-corrected chi connectivity index (χ0v) is 12.0. The van der Waals surface area contributed by atoms with Crippen molar-refractivity contribution < 1.29 is 14.3 Å². The molecule has 0 aliphatic rings. The van der Waals surface area contributed by atoms with Gasteiger partial charge in [-0.2, -0.15) is 0 Å². The molecule has 0 radical (unpaired) electrons. The Bertz CT molecular complexity index is 691. The molecule has 2 aromatic rings. The van der Waals surface area contributed by atoms with Gasteiger partial charge in [-0.25, -0.2) is 9.18 Å². The summed E-state index contributed by atoms with van der Waals surface area (Å²) in [7, 11) is 0. The first kappa shape index (κ1) is 15.1. The molecule has 4 N–H and O–H groups in total. The summed E-state index contributed by atoms with van der Waals surface area (Å²) >= 11 is 6.10. The Hall–Kier alpha value is -2.27. The number of benzene rings is 2. The summed E-state index contributed by atoms with van der Waals surface area (Å²) in [5.41, 5.74) is 5.88. The van der Waals surface area contributed by atoms with Crippen molar-refractivity contribution in [3.63, 3.8) is 0 Å². The maximum Gasteiger partial charge on any atom is 0.340 e. The molecular formula is C15H14ClFN2O2. The molecule has 0 saturated heterocycles. The van der Waals surface area contributed by atoms with Crippen molar-refractivity contribution in [1.29, 1.82) is 0 Å². The first-order valence-electron chi connectivity index (χ1n) is 6.24. The molecular weight excluding hydrogens is 295 g/mol. The van der Waals surface area contributed by atoms with Gasteiger partial charge in [-0.05, 0) is 30.7 Å². The number of hydrogen-bond donors (Lipinski definition) is 3. The number of nitrogens with one attached hydrogen (secondary N) is 1. The van der Waals surface area contributed by atoms with Crippen molar-refractivity contribution in [2.45, 2.75) is 13.0 Å². The van der Waals surface area contributed by atoms with Crippen LogP contribution in [-0.4, -0.2) is 11.1 Å². The number of carboxylic acids is 1. The number of nitrogen functional groups attached to an aromatic ring is 1. The van der Waals surface area contributed by atoms with Crippen LogP contribution in [-0.2, 0) is 0 Å². The molecule has 4 nitrogen and oxygen atoms in total. The van der Waals surface area contributed by atoms with Crippen LogP contribution in [0.3, 0.4) is 0 Å². The normalized spacial score (nSPS) is 12.0. The second-order valence-electron chi connectivity index (χ2n) is 4.58. The second-order valence-corrected chi connectivity index (χ2v) is 4.98. The maximum atomic E-state index is 13.4. The minimum atomic E-state index is -1.29. The van der Waals surface area contributed by atoms with Gasteiger partial charge in [0.25, 0.3) is 0 Å². The quantitative estimate of drug-likeness (QED) is 0.748. The van der Waals surface area contributed by atoms with E-state index < -0.39 is 11.8 Å². The van der Waals surface area contributed by atoms with E-state index in [0.717, 1.165) is 11.6 Å². The van der Waals surface area contributed by atoms with Gasteiger partial charge >= 0.3 is 5.97 Å². The summed E-state index contributed by atoms with van der Waals surface area (Å²) in [6, 6.07) is 9.42. The third-order valence-electron chi connectivity index (χ3n) is 3.15. The Morgan fingerprint density at radius 1 is 1.33 bits per heavy atom. The molecule has 0 fully saturated rings. The van der Waals surface area contributed by atoms with Gasteiger partial charge in [-0.3, -0.25) is 0 Å². The highest BCUT2D eigenvalue weighted by atomic mass is 35.5. The SMILES string of the molecule is CC(Nc1ccc(F)c(N)c1C(=O)O)c1ccccc1Cl. The van der Waals surface area contributed by atoms with E-state index in [0.29, 0.717) is 5.02 Å².